The van der Waals surface area contributed by atoms with Crippen molar-refractivity contribution in [2.75, 3.05) is 0 Å². The maximum atomic E-state index is 12.4. The van der Waals surface area contributed by atoms with Crippen molar-refractivity contribution in [3.8, 4) is 0 Å². The minimum atomic E-state index is -0.518. The van der Waals surface area contributed by atoms with Gasteiger partial charge in [0, 0.05) is 11.9 Å². The van der Waals surface area contributed by atoms with Gasteiger partial charge in [-0.2, -0.15) is 0 Å². The summed E-state index contributed by atoms with van der Waals surface area (Å²) in [6.07, 6.45) is 6.20. The van der Waals surface area contributed by atoms with Gasteiger partial charge >= 0.3 is 5.97 Å². The van der Waals surface area contributed by atoms with Gasteiger partial charge in [-0.25, -0.2) is 9.78 Å². The molecule has 0 fully saturated rings. The molecule has 0 bridgehead atoms. The van der Waals surface area contributed by atoms with E-state index in [1.807, 2.05) is 36.8 Å². The number of aromatic nitrogens is 2. The summed E-state index contributed by atoms with van der Waals surface area (Å²) < 4.78 is 8.13. The molecule has 4 heteroatoms. The number of carbonyl (C=O) groups excluding carboxylic acids is 1. The molecule has 0 N–H and O–H groups in total. The van der Waals surface area contributed by atoms with Crippen LogP contribution < -0.4 is 0 Å². The van der Waals surface area contributed by atoms with Crippen molar-refractivity contribution in [2.24, 2.45) is 0 Å². The van der Waals surface area contributed by atoms with Crippen molar-refractivity contribution in [1.29, 1.82) is 0 Å². The van der Waals surface area contributed by atoms with E-state index in [9.17, 15) is 4.79 Å². The summed E-state index contributed by atoms with van der Waals surface area (Å²) in [5.41, 5.74) is 2.34. The molecule has 2 aromatic rings. The van der Waals surface area contributed by atoms with E-state index in [-0.39, 0.29) is 12.0 Å². The number of nitrogens with zero attached hydrogens (tertiary/aromatic N) is 2. The van der Waals surface area contributed by atoms with Crippen LogP contribution in [0.5, 0.6) is 0 Å². The average Bonchev–Trinajstić information content (AvgIpc) is 3.02. The largest absolute Gasteiger partial charge is 0.453 e. The zero-order valence-corrected chi connectivity index (χ0v) is 13.4. The lowest BCUT2D eigenvalue weighted by atomic mass is 9.79. The average molecular weight is 298 g/mol. The fourth-order valence-electron chi connectivity index (χ4n) is 3.52. The third kappa shape index (κ3) is 2.05. The highest BCUT2D eigenvalue weighted by Crippen LogP contribution is 2.44. The van der Waals surface area contributed by atoms with Crippen molar-refractivity contribution in [2.45, 2.75) is 51.7 Å². The van der Waals surface area contributed by atoms with Crippen LogP contribution in [0.2, 0.25) is 0 Å². The van der Waals surface area contributed by atoms with Crippen LogP contribution in [0.4, 0.5) is 0 Å². The van der Waals surface area contributed by atoms with E-state index in [2.05, 4.69) is 30.3 Å². The van der Waals surface area contributed by atoms with Crippen molar-refractivity contribution >= 4 is 5.97 Å². The van der Waals surface area contributed by atoms with Crippen molar-refractivity contribution in [1.82, 2.24) is 9.55 Å². The summed E-state index contributed by atoms with van der Waals surface area (Å²) in [5.74, 6) is -0.214. The molecule has 116 valence electrons. The normalized spacial score (nSPS) is 19.6. The monoisotopic (exact) mass is 298 g/mol. The molecular formula is C18H22N2O2. The minimum Gasteiger partial charge on any atom is -0.453 e. The number of rotatable bonds is 4. The summed E-state index contributed by atoms with van der Waals surface area (Å²) >= 11 is 0. The van der Waals surface area contributed by atoms with Crippen LogP contribution in [0, 0.1) is 0 Å². The molecule has 1 aromatic carbocycles. The highest BCUT2D eigenvalue weighted by Gasteiger charge is 2.47. The number of esters is 1. The molecule has 3 rings (SSSR count). The smallest absolute Gasteiger partial charge is 0.339 e. The number of hydrogen-bond acceptors (Lipinski definition) is 3. The Hall–Kier alpha value is -2.10. The fraction of sp³-hybridized carbons (Fsp3) is 0.444. The van der Waals surface area contributed by atoms with Gasteiger partial charge in [-0.1, -0.05) is 39.0 Å². The molecule has 1 unspecified atom stereocenters. The summed E-state index contributed by atoms with van der Waals surface area (Å²) in [6, 6.07) is 7.75. The number of benzene rings is 1. The predicted octanol–water partition coefficient (Wildman–Crippen LogP) is 3.76. The zero-order valence-electron chi connectivity index (χ0n) is 13.4. The zero-order chi connectivity index (χ0) is 15.7. The van der Waals surface area contributed by atoms with Crippen LogP contribution >= 0.6 is 0 Å². The van der Waals surface area contributed by atoms with Gasteiger partial charge in [-0.05, 0) is 30.9 Å². The maximum absolute atomic E-state index is 12.4. The van der Waals surface area contributed by atoms with E-state index in [1.165, 1.54) is 0 Å². The van der Waals surface area contributed by atoms with Gasteiger partial charge in [0.05, 0.1) is 11.9 Å². The first-order valence-electron chi connectivity index (χ1n) is 7.99. The van der Waals surface area contributed by atoms with Gasteiger partial charge in [-0.15, -0.1) is 0 Å². The molecule has 4 nitrogen and oxygen atoms in total. The molecule has 22 heavy (non-hydrogen) atoms. The number of carbonyl (C=O) groups is 1. The third-order valence-electron chi connectivity index (χ3n) is 4.85. The third-order valence-corrected chi connectivity index (χ3v) is 4.85. The van der Waals surface area contributed by atoms with Gasteiger partial charge in [0.2, 0.25) is 0 Å². The number of hydrogen-bond donors (Lipinski definition) is 0. The van der Waals surface area contributed by atoms with E-state index >= 15 is 0 Å². The minimum absolute atomic E-state index is 0.0196. The lowest BCUT2D eigenvalue weighted by Crippen LogP contribution is -2.47. The lowest BCUT2D eigenvalue weighted by molar-refractivity contribution is -0.0519. The maximum Gasteiger partial charge on any atom is 0.339 e. The Morgan fingerprint density at radius 2 is 1.95 bits per heavy atom. The summed E-state index contributed by atoms with van der Waals surface area (Å²) in [7, 11) is 0. The molecule has 2 heterocycles. The van der Waals surface area contributed by atoms with E-state index < -0.39 is 5.60 Å². The van der Waals surface area contributed by atoms with E-state index in [0.717, 1.165) is 30.5 Å². The second-order valence-corrected chi connectivity index (χ2v) is 5.80. The Morgan fingerprint density at radius 1 is 1.23 bits per heavy atom. The predicted molar refractivity (Wildman–Crippen MR) is 84.9 cm³/mol. The first-order chi connectivity index (χ1) is 10.7. The fourth-order valence-corrected chi connectivity index (χ4v) is 3.52. The molecular weight excluding hydrogens is 276 g/mol. The molecule has 1 atom stereocenters. The van der Waals surface area contributed by atoms with Crippen molar-refractivity contribution in [3.63, 3.8) is 0 Å². The summed E-state index contributed by atoms with van der Waals surface area (Å²) in [4.78, 5) is 16.8. The number of ether oxygens (including phenoxy) is 1. The van der Waals surface area contributed by atoms with Crippen molar-refractivity contribution < 1.29 is 9.53 Å². The molecule has 0 saturated heterocycles. The van der Waals surface area contributed by atoms with E-state index in [0.29, 0.717) is 5.56 Å². The Balaban J connectivity index is 2.25. The van der Waals surface area contributed by atoms with E-state index in [1.54, 1.807) is 0 Å². The highest BCUT2D eigenvalue weighted by atomic mass is 16.6. The Kier molecular flexibility index (Phi) is 3.77. The summed E-state index contributed by atoms with van der Waals surface area (Å²) in [5, 5.41) is 0. The Morgan fingerprint density at radius 3 is 2.64 bits per heavy atom. The highest BCUT2D eigenvalue weighted by molar-refractivity contribution is 5.93. The Bertz CT molecular complexity index is 686. The second kappa shape index (κ2) is 5.59. The number of imidazole rings is 1. The van der Waals surface area contributed by atoms with Gasteiger partial charge in [0.15, 0.2) is 0 Å². The lowest BCUT2D eigenvalue weighted by Gasteiger charge is -2.44. The topological polar surface area (TPSA) is 44.1 Å². The first-order valence-corrected chi connectivity index (χ1v) is 7.99. The van der Waals surface area contributed by atoms with Gasteiger partial charge in [-0.3, -0.25) is 0 Å². The van der Waals surface area contributed by atoms with Gasteiger partial charge in [0.1, 0.15) is 11.6 Å². The van der Waals surface area contributed by atoms with Crippen LogP contribution in [0.3, 0.4) is 0 Å². The molecule has 0 radical (unpaired) electrons. The first kappa shape index (κ1) is 14.8. The van der Waals surface area contributed by atoms with Crippen molar-refractivity contribution in [3.05, 3.63) is 53.6 Å². The SMILES string of the molecule is CCc1cncn1C1c2ccccc2C(=O)OC1(CC)CC. The number of fused-ring (bicyclic) bond motifs is 1. The van der Waals surface area contributed by atoms with Crippen LogP contribution in [0.25, 0.3) is 0 Å². The van der Waals surface area contributed by atoms with Crippen LogP contribution in [-0.2, 0) is 11.2 Å². The molecule has 0 saturated carbocycles. The quantitative estimate of drug-likeness (QED) is 0.807. The summed E-state index contributed by atoms with van der Waals surface area (Å²) in [6.45, 7) is 6.29. The second-order valence-electron chi connectivity index (χ2n) is 5.80. The van der Waals surface area contributed by atoms with Gasteiger partial charge < -0.3 is 9.30 Å². The Labute approximate surface area is 131 Å². The number of aryl methyl sites for hydroxylation is 1. The standard InChI is InChI=1S/C18H22N2O2/c1-4-13-11-19-12-20(13)16-14-9-7-8-10-15(14)17(21)22-18(16,5-2)6-3/h7-12,16H,4-6H2,1-3H3. The number of cyclic esters (lactones) is 1. The van der Waals surface area contributed by atoms with Crippen LogP contribution in [-0.4, -0.2) is 21.1 Å². The van der Waals surface area contributed by atoms with Crippen LogP contribution in [0.15, 0.2) is 36.8 Å². The molecule has 0 aliphatic carbocycles. The molecule has 1 aliphatic heterocycles. The molecule has 0 amide bonds. The molecule has 0 spiro atoms. The van der Waals surface area contributed by atoms with E-state index in [4.69, 9.17) is 4.74 Å². The molecule has 1 aliphatic rings. The van der Waals surface area contributed by atoms with Crippen LogP contribution in [0.1, 0.15) is 61.3 Å². The molecule has 1 aromatic heterocycles. The van der Waals surface area contributed by atoms with Gasteiger partial charge in [0.25, 0.3) is 0 Å².